The lowest BCUT2D eigenvalue weighted by Gasteiger charge is -2.24. The minimum absolute atomic E-state index is 0.0569. The molecule has 0 radical (unpaired) electrons. The molecule has 5 nitrogen and oxygen atoms in total. The molecule has 2 rings (SSSR count). The van der Waals surface area contributed by atoms with Crippen LogP contribution in [0.1, 0.15) is 28.4 Å². The van der Waals surface area contributed by atoms with E-state index in [1.165, 1.54) is 7.11 Å². The van der Waals surface area contributed by atoms with Gasteiger partial charge in [-0.2, -0.15) is 0 Å². The minimum atomic E-state index is -0.377. The Labute approximate surface area is 158 Å². The second kappa shape index (κ2) is 9.36. The lowest BCUT2D eigenvalue weighted by Crippen LogP contribution is -2.42. The van der Waals surface area contributed by atoms with Crippen LogP contribution in [-0.4, -0.2) is 37.0 Å². The number of hydrogen-bond donors (Lipinski definition) is 1. The van der Waals surface area contributed by atoms with Crippen LogP contribution in [-0.2, 0) is 22.6 Å². The molecule has 6 heteroatoms. The van der Waals surface area contributed by atoms with E-state index in [2.05, 4.69) is 10.1 Å². The zero-order valence-electron chi connectivity index (χ0n) is 15.2. The van der Waals surface area contributed by atoms with Crippen LogP contribution in [0.25, 0.3) is 0 Å². The van der Waals surface area contributed by atoms with Crippen LogP contribution in [0.5, 0.6) is 0 Å². The van der Waals surface area contributed by atoms with Gasteiger partial charge in [0, 0.05) is 18.1 Å². The Bertz CT molecular complexity index is 745. The molecule has 0 aromatic heterocycles. The number of benzene rings is 2. The highest BCUT2D eigenvalue weighted by atomic mass is 35.5. The Balaban J connectivity index is 1.86. The standard InChI is InChI=1S/C20H23ClN2O3/c1-14(23(2)13-16-6-10-18(21)11-7-16)19(24)22-12-15-4-8-17(9-5-15)20(25)26-3/h4-11,14H,12-13H2,1-3H3,(H,22,24). The molecule has 0 aliphatic heterocycles. The van der Waals surface area contributed by atoms with Gasteiger partial charge in [0.15, 0.2) is 0 Å². The van der Waals surface area contributed by atoms with Crippen molar-refractivity contribution in [1.82, 2.24) is 10.2 Å². The molecular weight excluding hydrogens is 352 g/mol. The van der Waals surface area contributed by atoms with Crippen LogP contribution in [0, 0.1) is 0 Å². The van der Waals surface area contributed by atoms with Gasteiger partial charge < -0.3 is 10.1 Å². The third-order valence-electron chi connectivity index (χ3n) is 4.23. The number of likely N-dealkylation sites (N-methyl/N-ethyl adjacent to an activating group) is 1. The molecule has 0 aliphatic carbocycles. The van der Waals surface area contributed by atoms with Crippen molar-refractivity contribution in [3.63, 3.8) is 0 Å². The lowest BCUT2D eigenvalue weighted by atomic mass is 10.1. The topological polar surface area (TPSA) is 58.6 Å². The smallest absolute Gasteiger partial charge is 0.337 e. The van der Waals surface area contributed by atoms with Crippen LogP contribution in [0.3, 0.4) is 0 Å². The number of ether oxygens (including phenoxy) is 1. The highest BCUT2D eigenvalue weighted by Crippen LogP contribution is 2.12. The summed E-state index contributed by atoms with van der Waals surface area (Å²) in [6.07, 6.45) is 0. The average molecular weight is 375 g/mol. The van der Waals surface area contributed by atoms with Gasteiger partial charge in [0.05, 0.1) is 18.7 Å². The van der Waals surface area contributed by atoms with Crippen LogP contribution in [0.15, 0.2) is 48.5 Å². The quantitative estimate of drug-likeness (QED) is 0.756. The molecule has 1 amide bonds. The molecule has 0 saturated heterocycles. The zero-order chi connectivity index (χ0) is 19.1. The first-order chi connectivity index (χ1) is 12.4. The first-order valence-corrected chi connectivity index (χ1v) is 8.68. The van der Waals surface area contributed by atoms with E-state index in [-0.39, 0.29) is 17.9 Å². The molecule has 0 spiro atoms. The molecular formula is C20H23ClN2O3. The Hall–Kier alpha value is -2.37. The van der Waals surface area contributed by atoms with Crippen molar-refractivity contribution in [1.29, 1.82) is 0 Å². The highest BCUT2D eigenvalue weighted by Gasteiger charge is 2.18. The lowest BCUT2D eigenvalue weighted by molar-refractivity contribution is -0.125. The Kier molecular flexibility index (Phi) is 7.18. The molecule has 1 N–H and O–H groups in total. The van der Waals surface area contributed by atoms with E-state index in [0.29, 0.717) is 23.7 Å². The molecule has 0 bridgehead atoms. The number of nitrogens with one attached hydrogen (secondary N) is 1. The Morgan fingerprint density at radius 2 is 1.65 bits per heavy atom. The number of carbonyl (C=O) groups is 2. The van der Waals surface area contributed by atoms with Gasteiger partial charge in [-0.15, -0.1) is 0 Å². The van der Waals surface area contributed by atoms with E-state index in [1.54, 1.807) is 24.3 Å². The number of methoxy groups -OCH3 is 1. The van der Waals surface area contributed by atoms with Crippen LogP contribution >= 0.6 is 11.6 Å². The summed E-state index contributed by atoms with van der Waals surface area (Å²) in [4.78, 5) is 25.8. The van der Waals surface area contributed by atoms with Gasteiger partial charge in [-0.3, -0.25) is 9.69 Å². The predicted molar refractivity (Wildman–Crippen MR) is 102 cm³/mol. The fraction of sp³-hybridized carbons (Fsp3) is 0.300. The van der Waals surface area contributed by atoms with Crippen molar-refractivity contribution in [3.05, 3.63) is 70.2 Å². The molecule has 0 fully saturated rings. The number of halogens is 1. The number of amides is 1. The summed E-state index contributed by atoms with van der Waals surface area (Å²) in [6.45, 7) is 2.92. The summed E-state index contributed by atoms with van der Waals surface area (Å²) in [6, 6.07) is 14.3. The molecule has 0 saturated carbocycles. The SMILES string of the molecule is COC(=O)c1ccc(CNC(=O)C(C)N(C)Cc2ccc(Cl)cc2)cc1. The summed E-state index contributed by atoms with van der Waals surface area (Å²) in [5.41, 5.74) is 2.49. The van der Waals surface area contributed by atoms with Gasteiger partial charge in [0.2, 0.25) is 5.91 Å². The van der Waals surface area contributed by atoms with Gasteiger partial charge in [0.1, 0.15) is 0 Å². The maximum Gasteiger partial charge on any atom is 0.337 e. The molecule has 0 aliphatic rings. The largest absolute Gasteiger partial charge is 0.465 e. The third kappa shape index (κ3) is 5.58. The second-order valence-electron chi connectivity index (χ2n) is 6.12. The van der Waals surface area contributed by atoms with Crippen molar-refractivity contribution in [2.24, 2.45) is 0 Å². The maximum atomic E-state index is 12.4. The number of carbonyl (C=O) groups excluding carboxylic acids is 2. The molecule has 2 aromatic carbocycles. The van der Waals surface area contributed by atoms with E-state index in [4.69, 9.17) is 11.6 Å². The Morgan fingerprint density at radius 3 is 2.23 bits per heavy atom. The zero-order valence-corrected chi connectivity index (χ0v) is 15.9. The predicted octanol–water partition coefficient (Wildman–Crippen LogP) is 3.26. The number of esters is 1. The van der Waals surface area contributed by atoms with Crippen molar-refractivity contribution in [2.75, 3.05) is 14.2 Å². The molecule has 2 aromatic rings. The summed E-state index contributed by atoms with van der Waals surface area (Å²) in [7, 11) is 3.25. The number of nitrogens with zero attached hydrogens (tertiary/aromatic N) is 1. The average Bonchev–Trinajstić information content (AvgIpc) is 2.67. The van der Waals surface area contributed by atoms with Gasteiger partial charge in [0.25, 0.3) is 0 Å². The van der Waals surface area contributed by atoms with E-state index in [9.17, 15) is 9.59 Å². The first kappa shape index (κ1) is 19.9. The fourth-order valence-corrected chi connectivity index (χ4v) is 2.55. The van der Waals surface area contributed by atoms with Crippen LogP contribution < -0.4 is 5.32 Å². The van der Waals surface area contributed by atoms with Crippen molar-refractivity contribution >= 4 is 23.5 Å². The molecule has 1 atom stereocenters. The van der Waals surface area contributed by atoms with Gasteiger partial charge in [-0.05, 0) is 49.4 Å². The van der Waals surface area contributed by atoms with Crippen LogP contribution in [0.2, 0.25) is 5.02 Å². The highest BCUT2D eigenvalue weighted by molar-refractivity contribution is 6.30. The normalized spacial score (nSPS) is 11.9. The molecule has 26 heavy (non-hydrogen) atoms. The van der Waals surface area contributed by atoms with Crippen molar-refractivity contribution < 1.29 is 14.3 Å². The van der Waals surface area contributed by atoms with Crippen molar-refractivity contribution in [2.45, 2.75) is 26.1 Å². The van der Waals surface area contributed by atoms with E-state index in [1.807, 2.05) is 43.1 Å². The van der Waals surface area contributed by atoms with Gasteiger partial charge in [-0.25, -0.2) is 4.79 Å². The molecule has 1 unspecified atom stereocenters. The summed E-state index contributed by atoms with van der Waals surface area (Å²) < 4.78 is 4.67. The van der Waals surface area contributed by atoms with Gasteiger partial charge in [-0.1, -0.05) is 35.9 Å². The molecule has 138 valence electrons. The first-order valence-electron chi connectivity index (χ1n) is 8.30. The van der Waals surface area contributed by atoms with Gasteiger partial charge >= 0.3 is 5.97 Å². The van der Waals surface area contributed by atoms with Crippen molar-refractivity contribution in [3.8, 4) is 0 Å². The maximum absolute atomic E-state index is 12.4. The summed E-state index contributed by atoms with van der Waals surface area (Å²) in [5.74, 6) is -0.434. The molecule has 0 heterocycles. The van der Waals surface area contributed by atoms with Crippen LogP contribution in [0.4, 0.5) is 0 Å². The third-order valence-corrected chi connectivity index (χ3v) is 4.48. The van der Waals surface area contributed by atoms with E-state index in [0.717, 1.165) is 11.1 Å². The Morgan fingerprint density at radius 1 is 1.08 bits per heavy atom. The van der Waals surface area contributed by atoms with E-state index >= 15 is 0 Å². The van der Waals surface area contributed by atoms with E-state index < -0.39 is 0 Å². The minimum Gasteiger partial charge on any atom is -0.465 e. The number of rotatable bonds is 7. The summed E-state index contributed by atoms with van der Waals surface area (Å²) in [5, 5.41) is 3.61. The summed E-state index contributed by atoms with van der Waals surface area (Å²) >= 11 is 5.89. The monoisotopic (exact) mass is 374 g/mol. The second-order valence-corrected chi connectivity index (χ2v) is 6.56. The number of hydrogen-bond acceptors (Lipinski definition) is 4. The fourth-order valence-electron chi connectivity index (χ4n) is 2.43.